The molecule has 0 aromatic heterocycles. The maximum absolute atomic E-state index is 5.66. The third kappa shape index (κ3) is 2.72. The van der Waals surface area contributed by atoms with E-state index in [0.717, 1.165) is 12.5 Å². The fourth-order valence-corrected chi connectivity index (χ4v) is 1.91. The molecule has 2 N–H and O–H groups in total. The first-order chi connectivity index (χ1) is 7.33. The summed E-state index contributed by atoms with van der Waals surface area (Å²) in [5.74, 6) is 0.937. The molecule has 0 saturated heterocycles. The highest BCUT2D eigenvalue weighted by Crippen LogP contribution is 2.31. The van der Waals surface area contributed by atoms with E-state index < -0.39 is 0 Å². The number of nitrogens with zero attached hydrogens (tertiary/aromatic N) is 1. The maximum Gasteiger partial charge on any atom is 0.0369 e. The summed E-state index contributed by atoms with van der Waals surface area (Å²) >= 11 is 0. The van der Waals surface area contributed by atoms with Crippen LogP contribution in [-0.4, -0.2) is 13.1 Å². The van der Waals surface area contributed by atoms with E-state index in [4.69, 9.17) is 5.73 Å². The van der Waals surface area contributed by atoms with Gasteiger partial charge < -0.3 is 10.6 Å². The van der Waals surface area contributed by atoms with Gasteiger partial charge in [-0.2, -0.15) is 0 Å². The number of rotatable bonds is 5. The van der Waals surface area contributed by atoms with Gasteiger partial charge in [-0.05, 0) is 43.4 Å². The SMILES string of the molecule is CCN(CC1CC1)c1cccc(CN)c1. The van der Waals surface area contributed by atoms with Crippen molar-refractivity contribution in [3.63, 3.8) is 0 Å². The third-order valence-corrected chi connectivity index (χ3v) is 3.07. The average Bonchev–Trinajstić information content (AvgIpc) is 3.10. The Morgan fingerprint density at radius 1 is 1.40 bits per heavy atom. The Hall–Kier alpha value is -1.02. The Morgan fingerprint density at radius 3 is 2.80 bits per heavy atom. The molecule has 0 heterocycles. The lowest BCUT2D eigenvalue weighted by atomic mass is 10.2. The van der Waals surface area contributed by atoms with Gasteiger partial charge in [0.1, 0.15) is 0 Å². The van der Waals surface area contributed by atoms with E-state index >= 15 is 0 Å². The molecule has 82 valence electrons. The van der Waals surface area contributed by atoms with Crippen molar-refractivity contribution in [2.24, 2.45) is 11.7 Å². The second-order valence-corrected chi connectivity index (χ2v) is 4.36. The molecule has 2 rings (SSSR count). The van der Waals surface area contributed by atoms with Gasteiger partial charge >= 0.3 is 0 Å². The number of hydrogen-bond acceptors (Lipinski definition) is 2. The van der Waals surface area contributed by atoms with Crippen molar-refractivity contribution >= 4 is 5.69 Å². The molecule has 0 unspecified atom stereocenters. The molecule has 15 heavy (non-hydrogen) atoms. The Balaban J connectivity index is 2.09. The lowest BCUT2D eigenvalue weighted by Crippen LogP contribution is -2.25. The van der Waals surface area contributed by atoms with E-state index in [-0.39, 0.29) is 0 Å². The van der Waals surface area contributed by atoms with Gasteiger partial charge in [0.25, 0.3) is 0 Å². The smallest absolute Gasteiger partial charge is 0.0369 e. The van der Waals surface area contributed by atoms with Crippen LogP contribution in [-0.2, 0) is 6.54 Å². The normalized spacial score (nSPS) is 15.3. The first-order valence-corrected chi connectivity index (χ1v) is 5.87. The van der Waals surface area contributed by atoms with E-state index in [0.29, 0.717) is 6.54 Å². The lowest BCUT2D eigenvalue weighted by molar-refractivity contribution is 0.741. The Bertz CT molecular complexity index is 318. The van der Waals surface area contributed by atoms with E-state index in [1.165, 1.54) is 30.6 Å². The molecule has 0 atom stereocenters. The van der Waals surface area contributed by atoms with Gasteiger partial charge in [0.05, 0.1) is 0 Å². The molecule has 0 bridgehead atoms. The van der Waals surface area contributed by atoms with Gasteiger partial charge in [-0.25, -0.2) is 0 Å². The summed E-state index contributed by atoms with van der Waals surface area (Å²) in [7, 11) is 0. The van der Waals surface area contributed by atoms with Crippen LogP contribution in [0, 0.1) is 5.92 Å². The summed E-state index contributed by atoms with van der Waals surface area (Å²) in [5, 5.41) is 0. The minimum atomic E-state index is 0.634. The molecule has 1 aliphatic carbocycles. The van der Waals surface area contributed by atoms with Crippen molar-refractivity contribution in [1.29, 1.82) is 0 Å². The lowest BCUT2D eigenvalue weighted by Gasteiger charge is -2.23. The topological polar surface area (TPSA) is 29.3 Å². The summed E-state index contributed by atoms with van der Waals surface area (Å²) < 4.78 is 0. The zero-order valence-electron chi connectivity index (χ0n) is 9.45. The molecule has 0 amide bonds. The van der Waals surface area contributed by atoms with Crippen LogP contribution in [0.2, 0.25) is 0 Å². The molecule has 0 aliphatic heterocycles. The molecule has 1 aromatic rings. The van der Waals surface area contributed by atoms with E-state index in [9.17, 15) is 0 Å². The Kier molecular flexibility index (Phi) is 3.27. The highest BCUT2D eigenvalue weighted by atomic mass is 15.1. The van der Waals surface area contributed by atoms with Gasteiger partial charge in [-0.15, -0.1) is 0 Å². The zero-order chi connectivity index (χ0) is 10.7. The van der Waals surface area contributed by atoms with Crippen molar-refractivity contribution in [3.8, 4) is 0 Å². The Morgan fingerprint density at radius 2 is 2.20 bits per heavy atom. The van der Waals surface area contributed by atoms with Crippen LogP contribution >= 0.6 is 0 Å². The summed E-state index contributed by atoms with van der Waals surface area (Å²) in [6, 6.07) is 8.60. The number of nitrogens with two attached hydrogens (primary N) is 1. The van der Waals surface area contributed by atoms with Crippen molar-refractivity contribution in [2.45, 2.75) is 26.3 Å². The molecule has 2 nitrogen and oxygen atoms in total. The Labute approximate surface area is 92.1 Å². The van der Waals surface area contributed by atoms with E-state index in [1.54, 1.807) is 0 Å². The predicted octanol–water partition coefficient (Wildman–Crippen LogP) is 2.38. The fraction of sp³-hybridized carbons (Fsp3) is 0.538. The van der Waals surface area contributed by atoms with Crippen LogP contribution in [0.1, 0.15) is 25.3 Å². The van der Waals surface area contributed by atoms with Gasteiger partial charge in [0.2, 0.25) is 0 Å². The molecule has 1 saturated carbocycles. The van der Waals surface area contributed by atoms with Crippen LogP contribution in [0.3, 0.4) is 0 Å². The average molecular weight is 204 g/mol. The molecule has 1 fully saturated rings. The summed E-state index contributed by atoms with van der Waals surface area (Å²) in [6.45, 7) is 5.15. The second-order valence-electron chi connectivity index (χ2n) is 4.36. The van der Waals surface area contributed by atoms with Crippen LogP contribution in [0.5, 0.6) is 0 Å². The van der Waals surface area contributed by atoms with E-state index in [2.05, 4.69) is 36.1 Å². The number of benzene rings is 1. The van der Waals surface area contributed by atoms with Crippen molar-refractivity contribution in [3.05, 3.63) is 29.8 Å². The predicted molar refractivity (Wildman–Crippen MR) is 64.9 cm³/mol. The third-order valence-electron chi connectivity index (χ3n) is 3.07. The van der Waals surface area contributed by atoms with Crippen molar-refractivity contribution in [2.75, 3.05) is 18.0 Å². The molecular weight excluding hydrogens is 184 g/mol. The summed E-state index contributed by atoms with van der Waals surface area (Å²) in [6.07, 6.45) is 2.82. The first kappa shape index (κ1) is 10.5. The highest BCUT2D eigenvalue weighted by molar-refractivity contribution is 5.48. The quantitative estimate of drug-likeness (QED) is 0.798. The summed E-state index contributed by atoms with van der Waals surface area (Å²) in [4.78, 5) is 2.46. The largest absolute Gasteiger partial charge is 0.372 e. The monoisotopic (exact) mass is 204 g/mol. The minimum absolute atomic E-state index is 0.634. The zero-order valence-corrected chi connectivity index (χ0v) is 9.45. The van der Waals surface area contributed by atoms with E-state index in [1.807, 2.05) is 0 Å². The molecule has 0 radical (unpaired) electrons. The standard InChI is InChI=1S/C13H20N2/c1-2-15(10-11-6-7-11)13-5-3-4-12(8-13)9-14/h3-5,8,11H,2,6-7,9-10,14H2,1H3. The maximum atomic E-state index is 5.66. The minimum Gasteiger partial charge on any atom is -0.372 e. The van der Waals surface area contributed by atoms with Gasteiger partial charge in [0.15, 0.2) is 0 Å². The van der Waals surface area contributed by atoms with Crippen LogP contribution in [0.4, 0.5) is 5.69 Å². The molecular formula is C13H20N2. The first-order valence-electron chi connectivity index (χ1n) is 5.87. The van der Waals surface area contributed by atoms with Crippen LogP contribution in [0.15, 0.2) is 24.3 Å². The molecule has 0 spiro atoms. The van der Waals surface area contributed by atoms with Gasteiger partial charge in [-0.3, -0.25) is 0 Å². The van der Waals surface area contributed by atoms with Crippen molar-refractivity contribution in [1.82, 2.24) is 0 Å². The van der Waals surface area contributed by atoms with Crippen molar-refractivity contribution < 1.29 is 0 Å². The number of anilines is 1. The molecule has 2 heteroatoms. The van der Waals surface area contributed by atoms with Gasteiger partial charge in [-0.1, -0.05) is 12.1 Å². The summed E-state index contributed by atoms with van der Waals surface area (Å²) in [5.41, 5.74) is 8.21. The molecule has 1 aliphatic rings. The number of hydrogen-bond donors (Lipinski definition) is 1. The second kappa shape index (κ2) is 4.67. The highest BCUT2D eigenvalue weighted by Gasteiger charge is 2.23. The van der Waals surface area contributed by atoms with Crippen LogP contribution in [0.25, 0.3) is 0 Å². The fourth-order valence-electron chi connectivity index (χ4n) is 1.91. The van der Waals surface area contributed by atoms with Gasteiger partial charge in [0, 0.05) is 25.3 Å². The molecule has 1 aromatic carbocycles. The van der Waals surface area contributed by atoms with Crippen LogP contribution < -0.4 is 10.6 Å².